The second-order valence-corrected chi connectivity index (χ2v) is 12.5. The number of nitrogens with one attached hydrogen (secondary N) is 2. The third-order valence-electron chi connectivity index (χ3n) is 6.59. The SMILES string of the molecule is CC(C)C[C@@H](C(=O)N[C@@H](Cc1ccc(OC(=O)c2ccccc2)cc1)C(=O)NC(C)(C)C)N(C)Cc1ccc(Cl)cc1. The van der Waals surface area contributed by atoms with Crippen LogP contribution < -0.4 is 15.4 Å². The van der Waals surface area contributed by atoms with Crippen molar-refractivity contribution in [1.29, 1.82) is 0 Å². The molecule has 0 fully saturated rings. The highest BCUT2D eigenvalue weighted by Gasteiger charge is 2.30. The van der Waals surface area contributed by atoms with Crippen molar-refractivity contribution in [2.45, 2.75) is 71.6 Å². The minimum atomic E-state index is -0.798. The third kappa shape index (κ3) is 10.6. The van der Waals surface area contributed by atoms with Crippen LogP contribution in [0.1, 0.15) is 62.5 Å². The van der Waals surface area contributed by atoms with Crippen molar-refractivity contribution in [1.82, 2.24) is 15.5 Å². The van der Waals surface area contributed by atoms with Gasteiger partial charge in [0.1, 0.15) is 11.8 Å². The van der Waals surface area contributed by atoms with Crippen LogP contribution >= 0.6 is 11.6 Å². The smallest absolute Gasteiger partial charge is 0.343 e. The lowest BCUT2D eigenvalue weighted by Crippen LogP contribution is -2.56. The molecule has 0 bridgehead atoms. The molecule has 0 spiro atoms. The van der Waals surface area contributed by atoms with Gasteiger partial charge in [0.25, 0.3) is 0 Å². The van der Waals surface area contributed by atoms with E-state index in [4.69, 9.17) is 16.3 Å². The van der Waals surface area contributed by atoms with E-state index < -0.39 is 23.6 Å². The average Bonchev–Trinajstić information content (AvgIpc) is 2.93. The van der Waals surface area contributed by atoms with Gasteiger partial charge in [-0.3, -0.25) is 14.5 Å². The van der Waals surface area contributed by atoms with Crippen LogP contribution in [0, 0.1) is 5.92 Å². The highest BCUT2D eigenvalue weighted by molar-refractivity contribution is 6.30. The van der Waals surface area contributed by atoms with Gasteiger partial charge in [-0.15, -0.1) is 0 Å². The van der Waals surface area contributed by atoms with E-state index >= 15 is 0 Å². The first-order chi connectivity index (χ1) is 19.8. The lowest BCUT2D eigenvalue weighted by atomic mass is 9.99. The summed E-state index contributed by atoms with van der Waals surface area (Å²) >= 11 is 6.05. The summed E-state index contributed by atoms with van der Waals surface area (Å²) in [5.41, 5.74) is 1.84. The highest BCUT2D eigenvalue weighted by atomic mass is 35.5. The Bertz CT molecular complexity index is 1320. The number of carbonyl (C=O) groups is 3. The summed E-state index contributed by atoms with van der Waals surface area (Å²) in [6.45, 7) is 10.4. The first-order valence-corrected chi connectivity index (χ1v) is 14.6. The monoisotopic (exact) mass is 591 g/mol. The molecule has 42 heavy (non-hydrogen) atoms. The largest absolute Gasteiger partial charge is 0.423 e. The Kier molecular flexibility index (Phi) is 11.7. The fraction of sp³-hybridized carbons (Fsp3) is 0.382. The molecule has 3 aromatic rings. The number of nitrogens with zero attached hydrogens (tertiary/aromatic N) is 1. The molecule has 3 rings (SSSR count). The maximum absolute atomic E-state index is 13.7. The summed E-state index contributed by atoms with van der Waals surface area (Å²) in [5, 5.41) is 6.70. The van der Waals surface area contributed by atoms with Gasteiger partial charge in [-0.2, -0.15) is 0 Å². The molecular formula is C34H42ClN3O4. The summed E-state index contributed by atoms with van der Waals surface area (Å²) < 4.78 is 5.49. The van der Waals surface area contributed by atoms with Crippen LogP contribution in [0.25, 0.3) is 0 Å². The minimum absolute atomic E-state index is 0.206. The zero-order chi connectivity index (χ0) is 30.9. The predicted molar refractivity (Wildman–Crippen MR) is 168 cm³/mol. The van der Waals surface area contributed by atoms with Gasteiger partial charge in [-0.25, -0.2) is 4.79 Å². The van der Waals surface area contributed by atoms with Crippen LogP contribution in [0.5, 0.6) is 5.75 Å². The number of ether oxygens (including phenoxy) is 1. The molecule has 2 N–H and O–H groups in total. The quantitative estimate of drug-likeness (QED) is 0.198. The molecule has 0 aliphatic rings. The lowest BCUT2D eigenvalue weighted by Gasteiger charge is -2.31. The van der Waals surface area contributed by atoms with E-state index in [9.17, 15) is 14.4 Å². The van der Waals surface area contributed by atoms with Crippen LogP contribution in [-0.2, 0) is 22.6 Å². The number of benzene rings is 3. The van der Waals surface area contributed by atoms with Crippen LogP contribution in [0.2, 0.25) is 5.02 Å². The van der Waals surface area contributed by atoms with E-state index in [2.05, 4.69) is 24.5 Å². The normalized spacial score (nSPS) is 13.0. The molecule has 0 radical (unpaired) electrons. The van der Waals surface area contributed by atoms with E-state index in [1.807, 2.05) is 63.1 Å². The molecule has 0 heterocycles. The van der Waals surface area contributed by atoms with Crippen molar-refractivity contribution in [3.63, 3.8) is 0 Å². The Labute approximate surface area is 254 Å². The zero-order valence-electron chi connectivity index (χ0n) is 25.3. The summed E-state index contributed by atoms with van der Waals surface area (Å²) in [6, 6.07) is 22.1. The maximum Gasteiger partial charge on any atom is 0.343 e. The second-order valence-electron chi connectivity index (χ2n) is 12.1. The molecule has 3 aromatic carbocycles. The van der Waals surface area contributed by atoms with Crippen LogP contribution in [-0.4, -0.2) is 47.4 Å². The Balaban J connectivity index is 1.76. The zero-order valence-corrected chi connectivity index (χ0v) is 26.1. The van der Waals surface area contributed by atoms with Crippen LogP contribution in [0.15, 0.2) is 78.9 Å². The minimum Gasteiger partial charge on any atom is -0.423 e. The number of amides is 2. The second kappa shape index (κ2) is 15.0. The van der Waals surface area contributed by atoms with E-state index in [1.165, 1.54) is 0 Å². The number of esters is 1. The van der Waals surface area contributed by atoms with Gasteiger partial charge in [0.15, 0.2) is 0 Å². The first-order valence-electron chi connectivity index (χ1n) is 14.2. The van der Waals surface area contributed by atoms with Crippen LogP contribution in [0.3, 0.4) is 0 Å². The molecule has 0 aromatic heterocycles. The molecule has 224 valence electrons. The molecule has 0 aliphatic carbocycles. The Hall–Kier alpha value is -3.68. The van der Waals surface area contributed by atoms with Crippen molar-refractivity contribution >= 4 is 29.4 Å². The Morgan fingerprint density at radius 1 is 0.857 bits per heavy atom. The number of rotatable bonds is 12. The summed E-state index contributed by atoms with van der Waals surface area (Å²) in [7, 11) is 1.92. The van der Waals surface area contributed by atoms with E-state index in [0.29, 0.717) is 29.3 Å². The summed E-state index contributed by atoms with van der Waals surface area (Å²) in [6.07, 6.45) is 0.904. The fourth-order valence-corrected chi connectivity index (χ4v) is 4.65. The first kappa shape index (κ1) is 32.8. The number of halogens is 1. The van der Waals surface area contributed by atoms with E-state index in [0.717, 1.165) is 11.1 Å². The number of hydrogen-bond acceptors (Lipinski definition) is 5. The Morgan fingerprint density at radius 3 is 2.02 bits per heavy atom. The molecular weight excluding hydrogens is 550 g/mol. The van der Waals surface area contributed by atoms with Gasteiger partial charge < -0.3 is 15.4 Å². The summed E-state index contributed by atoms with van der Waals surface area (Å²) in [4.78, 5) is 41.5. The number of hydrogen-bond donors (Lipinski definition) is 2. The van der Waals surface area contributed by atoms with Gasteiger partial charge in [-0.05, 0) is 87.7 Å². The molecule has 0 saturated heterocycles. The highest BCUT2D eigenvalue weighted by Crippen LogP contribution is 2.19. The van der Waals surface area contributed by atoms with Crippen molar-refractivity contribution < 1.29 is 19.1 Å². The van der Waals surface area contributed by atoms with Crippen molar-refractivity contribution in [3.8, 4) is 5.75 Å². The van der Waals surface area contributed by atoms with Crippen LogP contribution in [0.4, 0.5) is 0 Å². The predicted octanol–water partition coefficient (Wildman–Crippen LogP) is 6.05. The van der Waals surface area contributed by atoms with Gasteiger partial charge in [0, 0.05) is 23.5 Å². The number of carbonyl (C=O) groups excluding carboxylic acids is 3. The van der Waals surface area contributed by atoms with Crippen molar-refractivity contribution in [2.75, 3.05) is 7.05 Å². The standard InChI is InChI=1S/C34H42ClN3O4/c1-23(2)20-30(38(6)22-25-12-16-27(35)17-13-25)32(40)36-29(31(39)37-34(3,4)5)21-24-14-18-28(19-15-24)42-33(41)26-10-8-7-9-11-26/h7-19,23,29-30H,20-22H2,1-6H3,(H,36,40)(H,37,39)/t29-,30-/m0/s1. The maximum atomic E-state index is 13.7. The van der Waals surface area contributed by atoms with Gasteiger partial charge in [0.2, 0.25) is 11.8 Å². The van der Waals surface area contributed by atoms with Crippen molar-refractivity contribution in [3.05, 3.63) is 101 Å². The van der Waals surface area contributed by atoms with Gasteiger partial charge in [0.05, 0.1) is 11.6 Å². The molecule has 7 nitrogen and oxygen atoms in total. The molecule has 8 heteroatoms. The van der Waals surface area contributed by atoms with Gasteiger partial charge >= 0.3 is 5.97 Å². The number of likely N-dealkylation sites (N-methyl/N-ethyl adjacent to an activating group) is 1. The molecule has 0 aliphatic heterocycles. The molecule has 2 amide bonds. The average molecular weight is 592 g/mol. The third-order valence-corrected chi connectivity index (χ3v) is 6.84. The summed E-state index contributed by atoms with van der Waals surface area (Å²) in [5.74, 6) is -0.256. The topological polar surface area (TPSA) is 87.7 Å². The Morgan fingerprint density at radius 2 is 1.45 bits per heavy atom. The fourth-order valence-electron chi connectivity index (χ4n) is 4.53. The molecule has 2 atom stereocenters. The lowest BCUT2D eigenvalue weighted by molar-refractivity contribution is -0.132. The van der Waals surface area contributed by atoms with Gasteiger partial charge in [-0.1, -0.05) is 67.9 Å². The van der Waals surface area contributed by atoms with E-state index in [1.54, 1.807) is 48.5 Å². The van der Waals surface area contributed by atoms with Crippen molar-refractivity contribution in [2.24, 2.45) is 5.92 Å². The molecule has 0 saturated carbocycles. The van der Waals surface area contributed by atoms with E-state index in [-0.39, 0.29) is 24.2 Å². The molecule has 0 unspecified atom stereocenters.